The summed E-state index contributed by atoms with van der Waals surface area (Å²) >= 11 is 6.34. The molecule has 0 fully saturated rings. The number of nitrogens with one attached hydrogen (secondary N) is 1. The molecule has 3 aromatic rings. The quantitative estimate of drug-likeness (QED) is 0.609. The zero-order chi connectivity index (χ0) is 21.6. The van der Waals surface area contributed by atoms with Crippen LogP contribution in [0.1, 0.15) is 21.5 Å². The van der Waals surface area contributed by atoms with Crippen molar-refractivity contribution in [3.63, 3.8) is 0 Å². The minimum Gasteiger partial charge on any atom is -0.454 e. The molecule has 0 unspecified atom stereocenters. The lowest BCUT2D eigenvalue weighted by molar-refractivity contribution is 0.102. The second-order valence-corrected chi connectivity index (χ2v) is 9.49. The van der Waals surface area contributed by atoms with E-state index in [0.29, 0.717) is 17.1 Å². The fourth-order valence-corrected chi connectivity index (χ4v) is 4.95. The summed E-state index contributed by atoms with van der Waals surface area (Å²) in [7, 11) is -2.57. The second kappa shape index (κ2) is 7.34. The Labute approximate surface area is 180 Å². The third-order valence-corrected chi connectivity index (χ3v) is 7.14. The molecule has 1 aliphatic heterocycles. The molecule has 6 nitrogen and oxygen atoms in total. The number of nitrogens with zero attached hydrogens (tertiary/aromatic N) is 1. The zero-order valence-corrected chi connectivity index (χ0v) is 18.1. The second-order valence-electron chi connectivity index (χ2n) is 7.15. The minimum atomic E-state index is -4.02. The predicted molar refractivity (Wildman–Crippen MR) is 117 cm³/mol. The van der Waals surface area contributed by atoms with E-state index < -0.39 is 15.9 Å². The van der Waals surface area contributed by atoms with E-state index in [1.165, 1.54) is 19.2 Å². The molecule has 0 bridgehead atoms. The van der Waals surface area contributed by atoms with Gasteiger partial charge in [-0.3, -0.25) is 9.10 Å². The van der Waals surface area contributed by atoms with Gasteiger partial charge in [0.2, 0.25) is 0 Å². The van der Waals surface area contributed by atoms with Crippen molar-refractivity contribution in [2.24, 2.45) is 0 Å². The first-order chi connectivity index (χ1) is 14.2. The summed E-state index contributed by atoms with van der Waals surface area (Å²) in [4.78, 5) is 12.6. The van der Waals surface area contributed by atoms with Crippen molar-refractivity contribution >= 4 is 38.9 Å². The molecule has 4 rings (SSSR count). The Morgan fingerprint density at radius 3 is 2.43 bits per heavy atom. The van der Waals surface area contributed by atoms with Crippen LogP contribution in [0.25, 0.3) is 0 Å². The van der Waals surface area contributed by atoms with E-state index in [1.807, 2.05) is 26.0 Å². The number of ether oxygens (including phenoxy) is 1. The topological polar surface area (TPSA) is 75.7 Å². The van der Waals surface area contributed by atoms with E-state index in [4.69, 9.17) is 16.3 Å². The lowest BCUT2D eigenvalue weighted by Gasteiger charge is -2.21. The van der Waals surface area contributed by atoms with Crippen molar-refractivity contribution in [1.82, 2.24) is 0 Å². The highest BCUT2D eigenvalue weighted by atomic mass is 35.5. The fraction of sp³-hybridized carbons (Fsp3) is 0.136. The molecular formula is C22H19ClN2O4S. The highest BCUT2D eigenvalue weighted by molar-refractivity contribution is 7.93. The van der Waals surface area contributed by atoms with Gasteiger partial charge in [-0.1, -0.05) is 29.8 Å². The highest BCUT2D eigenvalue weighted by Crippen LogP contribution is 2.40. The maximum atomic E-state index is 13.3. The molecule has 0 radical (unpaired) electrons. The molecule has 0 saturated carbocycles. The first kappa shape index (κ1) is 20.3. The summed E-state index contributed by atoms with van der Waals surface area (Å²) in [6.45, 7) is 3.77. The number of hydrogen-bond acceptors (Lipinski definition) is 4. The Morgan fingerprint density at radius 2 is 1.70 bits per heavy atom. The normalized spacial score (nSPS) is 12.9. The van der Waals surface area contributed by atoms with Crippen LogP contribution >= 0.6 is 11.6 Å². The zero-order valence-electron chi connectivity index (χ0n) is 16.6. The number of anilines is 2. The number of benzene rings is 3. The molecule has 0 spiro atoms. The molecule has 1 aliphatic rings. The summed E-state index contributed by atoms with van der Waals surface area (Å²) in [6, 6.07) is 15.1. The first-order valence-corrected chi connectivity index (χ1v) is 11.0. The lowest BCUT2D eigenvalue weighted by atomic mass is 10.2. The van der Waals surface area contributed by atoms with Gasteiger partial charge in [0, 0.05) is 13.1 Å². The third-order valence-electron chi connectivity index (χ3n) is 4.89. The van der Waals surface area contributed by atoms with Crippen LogP contribution in [0.15, 0.2) is 59.5 Å². The Kier molecular flexibility index (Phi) is 4.95. The van der Waals surface area contributed by atoms with Gasteiger partial charge in [-0.2, -0.15) is 0 Å². The van der Waals surface area contributed by atoms with Gasteiger partial charge < -0.3 is 10.1 Å². The molecule has 1 N–H and O–H groups in total. The largest absolute Gasteiger partial charge is 0.454 e. The van der Waals surface area contributed by atoms with E-state index in [-0.39, 0.29) is 21.2 Å². The molecule has 8 heteroatoms. The van der Waals surface area contributed by atoms with Crippen LogP contribution in [0, 0.1) is 13.8 Å². The van der Waals surface area contributed by atoms with Crippen molar-refractivity contribution in [2.45, 2.75) is 18.7 Å². The fourth-order valence-electron chi connectivity index (χ4n) is 3.24. The summed E-state index contributed by atoms with van der Waals surface area (Å²) < 4.78 is 33.6. The number of halogens is 1. The van der Waals surface area contributed by atoms with Crippen LogP contribution in [0.2, 0.25) is 5.02 Å². The Hall–Kier alpha value is -3.03. The summed E-state index contributed by atoms with van der Waals surface area (Å²) in [5, 5.41) is 2.74. The van der Waals surface area contributed by atoms with Crippen molar-refractivity contribution < 1.29 is 17.9 Å². The Balaban J connectivity index is 1.80. The monoisotopic (exact) mass is 442 g/mol. The highest BCUT2D eigenvalue weighted by Gasteiger charge is 2.29. The number of aryl methyl sites for hydroxylation is 2. The van der Waals surface area contributed by atoms with Gasteiger partial charge in [0.1, 0.15) is 10.6 Å². The van der Waals surface area contributed by atoms with Gasteiger partial charge in [0.25, 0.3) is 15.9 Å². The summed E-state index contributed by atoms with van der Waals surface area (Å²) in [6.07, 6.45) is 0. The van der Waals surface area contributed by atoms with Crippen molar-refractivity contribution in [1.29, 1.82) is 0 Å². The van der Waals surface area contributed by atoms with Crippen LogP contribution in [-0.4, -0.2) is 21.4 Å². The van der Waals surface area contributed by atoms with Gasteiger partial charge in [-0.15, -0.1) is 0 Å². The molecule has 0 saturated heterocycles. The number of carbonyl (C=O) groups excluding carboxylic acids is 1. The van der Waals surface area contributed by atoms with Crippen molar-refractivity contribution in [3.8, 4) is 11.5 Å². The molecule has 1 amide bonds. The number of rotatable bonds is 3. The first-order valence-electron chi connectivity index (χ1n) is 9.16. The smallest absolute Gasteiger partial charge is 0.265 e. The Morgan fingerprint density at radius 1 is 0.967 bits per heavy atom. The maximum absolute atomic E-state index is 13.3. The van der Waals surface area contributed by atoms with Crippen LogP contribution in [0.3, 0.4) is 0 Å². The van der Waals surface area contributed by atoms with E-state index >= 15 is 0 Å². The van der Waals surface area contributed by atoms with E-state index in [2.05, 4.69) is 5.32 Å². The molecular weight excluding hydrogens is 424 g/mol. The van der Waals surface area contributed by atoms with Gasteiger partial charge in [0.15, 0.2) is 5.75 Å². The van der Waals surface area contributed by atoms with Gasteiger partial charge in [0.05, 0.1) is 22.0 Å². The standard InChI is InChI=1S/C22H19ClN2O4S/c1-13-5-4-6-15(9-13)25(3)30(27,28)21-11-16-20(12-17(21)23)29-19-8-7-14(2)10-18(19)24-22(16)26/h4-12H,1-3H3,(H,24,26). The molecule has 0 atom stereocenters. The van der Waals surface area contributed by atoms with E-state index in [1.54, 1.807) is 30.3 Å². The third kappa shape index (κ3) is 3.51. The van der Waals surface area contributed by atoms with E-state index in [0.717, 1.165) is 15.4 Å². The number of carbonyl (C=O) groups is 1. The number of fused-ring (bicyclic) bond motifs is 2. The average Bonchev–Trinajstić information content (AvgIpc) is 2.81. The lowest BCUT2D eigenvalue weighted by Crippen LogP contribution is -2.27. The Bertz CT molecular complexity index is 1290. The average molecular weight is 443 g/mol. The van der Waals surface area contributed by atoms with Crippen LogP contribution in [-0.2, 0) is 10.0 Å². The number of sulfonamides is 1. The molecule has 3 aromatic carbocycles. The molecule has 154 valence electrons. The van der Waals surface area contributed by atoms with Gasteiger partial charge >= 0.3 is 0 Å². The summed E-state index contributed by atoms with van der Waals surface area (Å²) in [5.74, 6) is 0.175. The maximum Gasteiger partial charge on any atom is 0.265 e. The van der Waals surface area contributed by atoms with Gasteiger partial charge in [-0.25, -0.2) is 8.42 Å². The van der Waals surface area contributed by atoms with E-state index in [9.17, 15) is 13.2 Å². The SMILES string of the molecule is Cc1cccc(N(C)S(=O)(=O)c2cc3c(cc2Cl)Oc2ccc(C)cc2NC3=O)c1. The molecule has 1 heterocycles. The van der Waals surface area contributed by atoms with Crippen LogP contribution < -0.4 is 14.4 Å². The minimum absolute atomic E-state index is 0.0309. The molecule has 30 heavy (non-hydrogen) atoms. The predicted octanol–water partition coefficient (Wildman–Crippen LogP) is 5.14. The number of amides is 1. The van der Waals surface area contributed by atoms with Crippen molar-refractivity contribution in [3.05, 3.63) is 76.3 Å². The van der Waals surface area contributed by atoms with Gasteiger partial charge in [-0.05, 0) is 55.3 Å². The number of hydrogen-bond donors (Lipinski definition) is 1. The molecule has 0 aromatic heterocycles. The van der Waals surface area contributed by atoms with Crippen LogP contribution in [0.4, 0.5) is 11.4 Å². The van der Waals surface area contributed by atoms with Crippen molar-refractivity contribution in [2.75, 3.05) is 16.7 Å². The van der Waals surface area contributed by atoms with Crippen LogP contribution in [0.5, 0.6) is 11.5 Å². The summed E-state index contributed by atoms with van der Waals surface area (Å²) in [5.41, 5.74) is 2.95. The molecule has 0 aliphatic carbocycles.